The monoisotopic (exact) mass is 388 g/mol. The first-order valence-corrected chi connectivity index (χ1v) is 8.27. The molecule has 28 heavy (non-hydrogen) atoms. The molecule has 0 saturated carbocycles. The van der Waals surface area contributed by atoms with Crippen LogP contribution in [-0.4, -0.2) is 30.9 Å². The van der Waals surface area contributed by atoms with Crippen LogP contribution in [0.5, 0.6) is 5.75 Å². The van der Waals surface area contributed by atoms with Crippen LogP contribution in [0.4, 0.5) is 13.2 Å². The number of benzene rings is 1. The van der Waals surface area contributed by atoms with E-state index >= 15 is 0 Å². The minimum Gasteiger partial charge on any atom is -0.406 e. The van der Waals surface area contributed by atoms with Crippen molar-refractivity contribution in [1.29, 1.82) is 0 Å². The lowest BCUT2D eigenvalue weighted by Crippen LogP contribution is -2.17. The number of rotatable bonds is 4. The van der Waals surface area contributed by atoms with Crippen molar-refractivity contribution in [2.24, 2.45) is 12.8 Å². The van der Waals surface area contributed by atoms with Crippen molar-refractivity contribution in [1.82, 2.24) is 24.5 Å². The molecular weight excluding hydrogens is 373 g/mol. The number of nitrogens with two attached hydrogens (primary N) is 1. The van der Waals surface area contributed by atoms with Crippen LogP contribution >= 0.6 is 0 Å². The molecule has 0 saturated heterocycles. The van der Waals surface area contributed by atoms with Crippen LogP contribution in [0.25, 0.3) is 27.8 Å². The van der Waals surface area contributed by atoms with Gasteiger partial charge >= 0.3 is 6.36 Å². The van der Waals surface area contributed by atoms with Gasteiger partial charge in [0.2, 0.25) is 0 Å². The molecule has 1 aromatic carbocycles. The van der Waals surface area contributed by atoms with Crippen molar-refractivity contribution in [2.75, 3.05) is 0 Å². The Morgan fingerprint density at radius 3 is 2.50 bits per heavy atom. The molecule has 0 amide bonds. The van der Waals surface area contributed by atoms with Gasteiger partial charge in [-0.1, -0.05) is 0 Å². The number of fused-ring (bicyclic) bond motifs is 1. The summed E-state index contributed by atoms with van der Waals surface area (Å²) in [4.78, 5) is 4.41. The third-order valence-corrected chi connectivity index (χ3v) is 4.16. The predicted molar refractivity (Wildman–Crippen MR) is 95.6 cm³/mol. The van der Waals surface area contributed by atoms with Crippen LogP contribution in [-0.2, 0) is 13.6 Å². The average molecular weight is 388 g/mol. The van der Waals surface area contributed by atoms with Crippen molar-refractivity contribution in [3.63, 3.8) is 0 Å². The van der Waals surface area contributed by atoms with Crippen molar-refractivity contribution < 1.29 is 17.9 Å². The molecule has 0 aliphatic rings. The van der Waals surface area contributed by atoms with E-state index < -0.39 is 6.36 Å². The number of pyridine rings is 1. The summed E-state index contributed by atoms with van der Waals surface area (Å²) in [5.41, 5.74) is 9.35. The second-order valence-corrected chi connectivity index (χ2v) is 6.06. The second-order valence-electron chi connectivity index (χ2n) is 6.06. The van der Waals surface area contributed by atoms with Gasteiger partial charge in [0.1, 0.15) is 5.75 Å². The van der Waals surface area contributed by atoms with E-state index in [9.17, 15) is 13.2 Å². The quantitative estimate of drug-likeness (QED) is 0.581. The Labute approximate surface area is 157 Å². The molecule has 3 heterocycles. The molecule has 2 N–H and O–H groups in total. The zero-order chi connectivity index (χ0) is 19.9. The van der Waals surface area contributed by atoms with Gasteiger partial charge < -0.3 is 10.5 Å². The van der Waals surface area contributed by atoms with Gasteiger partial charge in [-0.25, -0.2) is 9.67 Å². The van der Waals surface area contributed by atoms with Gasteiger partial charge in [0, 0.05) is 31.5 Å². The molecular formula is C18H15F3N6O. The first-order valence-electron chi connectivity index (χ1n) is 8.27. The summed E-state index contributed by atoms with van der Waals surface area (Å²) in [6.45, 7) is 0.178. The normalized spacial score (nSPS) is 11.9. The second kappa shape index (κ2) is 6.64. The zero-order valence-electron chi connectivity index (χ0n) is 14.7. The highest BCUT2D eigenvalue weighted by molar-refractivity contribution is 5.95. The van der Waals surface area contributed by atoms with E-state index in [1.807, 2.05) is 19.3 Å². The average Bonchev–Trinajstić information content (AvgIpc) is 3.24. The Morgan fingerprint density at radius 1 is 1.14 bits per heavy atom. The van der Waals surface area contributed by atoms with E-state index in [0.717, 1.165) is 16.5 Å². The van der Waals surface area contributed by atoms with Gasteiger partial charge in [-0.15, -0.1) is 13.2 Å². The van der Waals surface area contributed by atoms with E-state index in [0.29, 0.717) is 17.0 Å². The Kier molecular flexibility index (Phi) is 4.27. The third kappa shape index (κ3) is 3.29. The summed E-state index contributed by atoms with van der Waals surface area (Å²) in [5.74, 6) is -0.309. The number of hydrogen-bond acceptors (Lipinski definition) is 5. The topological polar surface area (TPSA) is 83.8 Å². The van der Waals surface area contributed by atoms with Crippen molar-refractivity contribution >= 4 is 11.0 Å². The maximum Gasteiger partial charge on any atom is 0.573 e. The molecule has 4 aromatic rings. The maximum absolute atomic E-state index is 12.4. The van der Waals surface area contributed by atoms with Crippen LogP contribution in [0.2, 0.25) is 0 Å². The van der Waals surface area contributed by atoms with Crippen LogP contribution in [0.1, 0.15) is 5.69 Å². The minimum atomic E-state index is -4.74. The van der Waals surface area contributed by atoms with E-state index in [1.165, 1.54) is 24.3 Å². The van der Waals surface area contributed by atoms with E-state index in [1.54, 1.807) is 21.8 Å². The summed E-state index contributed by atoms with van der Waals surface area (Å²) in [6, 6.07) is 7.26. The Morgan fingerprint density at radius 2 is 1.89 bits per heavy atom. The van der Waals surface area contributed by atoms with Crippen LogP contribution < -0.4 is 10.5 Å². The van der Waals surface area contributed by atoms with E-state index in [4.69, 9.17) is 5.73 Å². The van der Waals surface area contributed by atoms with Crippen molar-refractivity contribution in [3.05, 3.63) is 54.6 Å². The molecule has 0 unspecified atom stereocenters. The number of nitrogens with zero attached hydrogens (tertiary/aromatic N) is 5. The lowest BCUT2D eigenvalue weighted by Gasteiger charge is -2.09. The van der Waals surface area contributed by atoms with Crippen LogP contribution in [0.3, 0.4) is 0 Å². The predicted octanol–water partition coefficient (Wildman–Crippen LogP) is 3.18. The lowest BCUT2D eigenvalue weighted by atomic mass is 10.1. The number of alkyl halides is 3. The Hall–Kier alpha value is -3.40. The highest BCUT2D eigenvalue weighted by Crippen LogP contribution is 2.31. The SMILES string of the molecule is Cn1cc(-c2ccnc3c2c(CN)nn3-c2ccc(OC(F)(F)F)cc2)cn1. The lowest BCUT2D eigenvalue weighted by molar-refractivity contribution is -0.274. The highest BCUT2D eigenvalue weighted by Gasteiger charge is 2.31. The van der Waals surface area contributed by atoms with Crippen LogP contribution in [0, 0.1) is 0 Å². The Balaban J connectivity index is 1.83. The molecule has 0 aliphatic heterocycles. The summed E-state index contributed by atoms with van der Waals surface area (Å²) in [6.07, 6.45) is 0.502. The van der Waals surface area contributed by atoms with Gasteiger partial charge in [-0.2, -0.15) is 10.2 Å². The van der Waals surface area contributed by atoms with E-state index in [-0.39, 0.29) is 12.3 Å². The summed E-state index contributed by atoms with van der Waals surface area (Å²) in [7, 11) is 1.82. The van der Waals surface area contributed by atoms with Gasteiger partial charge in [0.05, 0.1) is 23.0 Å². The molecule has 7 nitrogen and oxygen atoms in total. The summed E-state index contributed by atoms with van der Waals surface area (Å²) in [5, 5.41) is 9.48. The molecule has 10 heteroatoms. The highest BCUT2D eigenvalue weighted by atomic mass is 19.4. The summed E-state index contributed by atoms with van der Waals surface area (Å²) >= 11 is 0. The fourth-order valence-corrected chi connectivity index (χ4v) is 3.03. The van der Waals surface area contributed by atoms with Gasteiger partial charge in [0.25, 0.3) is 0 Å². The number of aryl methyl sites for hydroxylation is 1. The number of ether oxygens (including phenoxy) is 1. The smallest absolute Gasteiger partial charge is 0.406 e. The number of halogens is 3. The van der Waals surface area contributed by atoms with Crippen molar-refractivity contribution in [2.45, 2.75) is 12.9 Å². The molecule has 0 spiro atoms. The molecule has 0 aliphatic carbocycles. The number of aromatic nitrogens is 5. The number of hydrogen-bond donors (Lipinski definition) is 1. The Bertz CT molecular complexity index is 1130. The van der Waals surface area contributed by atoms with Gasteiger partial charge in [-0.05, 0) is 35.9 Å². The fourth-order valence-electron chi connectivity index (χ4n) is 3.03. The molecule has 144 valence electrons. The maximum atomic E-state index is 12.4. The first kappa shape index (κ1) is 18.0. The first-order chi connectivity index (χ1) is 13.4. The molecule has 0 fully saturated rings. The standard InChI is InChI=1S/C18H15F3N6O/c1-26-10-11(9-24-26)14-6-7-23-17-16(14)15(8-22)25-27(17)12-2-4-13(5-3-12)28-18(19,20)21/h2-7,9-10H,8,22H2,1H3. The molecule has 3 aromatic heterocycles. The molecule has 4 rings (SSSR count). The minimum absolute atomic E-state index is 0.178. The third-order valence-electron chi connectivity index (χ3n) is 4.16. The van der Waals surface area contributed by atoms with Gasteiger partial charge in [-0.3, -0.25) is 4.68 Å². The molecule has 0 atom stereocenters. The largest absolute Gasteiger partial charge is 0.573 e. The van der Waals surface area contributed by atoms with Gasteiger partial charge in [0.15, 0.2) is 5.65 Å². The fraction of sp³-hybridized carbons (Fsp3) is 0.167. The van der Waals surface area contributed by atoms with Crippen molar-refractivity contribution in [3.8, 4) is 22.6 Å². The molecule has 0 bridgehead atoms. The zero-order valence-corrected chi connectivity index (χ0v) is 14.7. The summed E-state index contributed by atoms with van der Waals surface area (Å²) < 4.78 is 44.2. The molecule has 0 radical (unpaired) electrons. The van der Waals surface area contributed by atoms with E-state index in [2.05, 4.69) is 19.9 Å². The van der Waals surface area contributed by atoms with Crippen LogP contribution in [0.15, 0.2) is 48.9 Å².